The van der Waals surface area contributed by atoms with Crippen molar-refractivity contribution in [3.8, 4) is 0 Å². The molecule has 1 aromatic carbocycles. The van der Waals surface area contributed by atoms with Gasteiger partial charge in [-0.25, -0.2) is 0 Å². The highest BCUT2D eigenvalue weighted by molar-refractivity contribution is 5.89. The Balaban J connectivity index is 1.59. The van der Waals surface area contributed by atoms with Gasteiger partial charge < -0.3 is 14.9 Å². The summed E-state index contributed by atoms with van der Waals surface area (Å²) in [5, 5.41) is 9.39. The van der Waals surface area contributed by atoms with E-state index in [0.29, 0.717) is 32.1 Å². The number of rotatable bonds is 7. The molecule has 2 amide bonds. The SMILES string of the molecule is O=C(C1CC(=O)N(C2CCCCCC2)C1)N(CCO)CCc1ccccc1. The third kappa shape index (κ3) is 5.32. The van der Waals surface area contributed by atoms with Gasteiger partial charge in [0.2, 0.25) is 11.8 Å². The molecule has 1 atom stereocenters. The second-order valence-corrected chi connectivity index (χ2v) is 7.88. The van der Waals surface area contributed by atoms with Gasteiger partial charge in [-0.05, 0) is 24.8 Å². The lowest BCUT2D eigenvalue weighted by Gasteiger charge is -2.28. The van der Waals surface area contributed by atoms with Crippen LogP contribution in [0, 0.1) is 5.92 Å². The van der Waals surface area contributed by atoms with Gasteiger partial charge in [0, 0.05) is 32.1 Å². The number of aliphatic hydroxyl groups is 1. The lowest BCUT2D eigenvalue weighted by molar-refractivity contribution is -0.136. The fourth-order valence-electron chi connectivity index (χ4n) is 4.44. The second-order valence-electron chi connectivity index (χ2n) is 7.88. The Hall–Kier alpha value is -1.88. The Morgan fingerprint density at radius 1 is 1.07 bits per heavy atom. The third-order valence-corrected chi connectivity index (χ3v) is 5.97. The molecule has 2 aliphatic rings. The Kier molecular flexibility index (Phi) is 7.27. The molecule has 27 heavy (non-hydrogen) atoms. The number of aliphatic hydroxyl groups excluding tert-OH is 1. The van der Waals surface area contributed by atoms with Crippen molar-refractivity contribution in [2.45, 2.75) is 57.4 Å². The first-order valence-corrected chi connectivity index (χ1v) is 10.4. The summed E-state index contributed by atoms with van der Waals surface area (Å²) < 4.78 is 0. The van der Waals surface area contributed by atoms with Crippen LogP contribution < -0.4 is 0 Å². The molecule has 0 aromatic heterocycles. The molecule has 5 nitrogen and oxygen atoms in total. The molecule has 1 saturated carbocycles. The molecule has 1 aliphatic heterocycles. The van der Waals surface area contributed by atoms with Crippen molar-refractivity contribution in [3.63, 3.8) is 0 Å². The summed E-state index contributed by atoms with van der Waals surface area (Å²) >= 11 is 0. The third-order valence-electron chi connectivity index (χ3n) is 5.97. The van der Waals surface area contributed by atoms with Crippen molar-refractivity contribution < 1.29 is 14.7 Å². The van der Waals surface area contributed by atoms with Crippen molar-refractivity contribution in [2.24, 2.45) is 5.92 Å². The Labute approximate surface area is 162 Å². The molecule has 1 aromatic rings. The lowest BCUT2D eigenvalue weighted by Crippen LogP contribution is -2.41. The van der Waals surface area contributed by atoms with Crippen LogP contribution in [-0.2, 0) is 16.0 Å². The van der Waals surface area contributed by atoms with Gasteiger partial charge in [0.1, 0.15) is 0 Å². The van der Waals surface area contributed by atoms with Crippen molar-refractivity contribution in [2.75, 3.05) is 26.2 Å². The maximum atomic E-state index is 13.0. The highest BCUT2D eigenvalue weighted by Crippen LogP contribution is 2.29. The minimum Gasteiger partial charge on any atom is -0.395 e. The number of amides is 2. The van der Waals surface area contributed by atoms with Gasteiger partial charge >= 0.3 is 0 Å². The second kappa shape index (κ2) is 9.88. The molecule has 1 saturated heterocycles. The number of likely N-dealkylation sites (tertiary alicyclic amines) is 1. The topological polar surface area (TPSA) is 60.9 Å². The van der Waals surface area contributed by atoms with E-state index >= 15 is 0 Å². The first kappa shape index (κ1) is 19.9. The standard InChI is InChI=1S/C22H32N2O3/c25-15-14-23(13-12-18-8-4-3-5-9-18)22(27)19-16-21(26)24(17-19)20-10-6-1-2-7-11-20/h3-5,8-9,19-20,25H,1-2,6-7,10-17H2. The fourth-order valence-corrected chi connectivity index (χ4v) is 4.44. The van der Waals surface area contributed by atoms with Gasteiger partial charge in [0.25, 0.3) is 0 Å². The number of carbonyl (C=O) groups is 2. The lowest BCUT2D eigenvalue weighted by atomic mass is 10.1. The molecule has 148 valence electrons. The Morgan fingerprint density at radius 3 is 2.44 bits per heavy atom. The van der Waals surface area contributed by atoms with Gasteiger partial charge in [-0.15, -0.1) is 0 Å². The van der Waals surface area contributed by atoms with E-state index in [1.807, 2.05) is 23.1 Å². The maximum absolute atomic E-state index is 13.0. The smallest absolute Gasteiger partial charge is 0.228 e. The first-order chi connectivity index (χ1) is 13.2. The number of hydrogen-bond donors (Lipinski definition) is 1. The highest BCUT2D eigenvalue weighted by atomic mass is 16.3. The van der Waals surface area contributed by atoms with E-state index in [1.165, 1.54) is 31.2 Å². The summed E-state index contributed by atoms with van der Waals surface area (Å²) in [6, 6.07) is 10.4. The summed E-state index contributed by atoms with van der Waals surface area (Å²) in [5.74, 6) is -0.111. The molecule has 5 heteroatoms. The first-order valence-electron chi connectivity index (χ1n) is 10.4. The quantitative estimate of drug-likeness (QED) is 0.749. The normalized spacial score (nSPS) is 21.3. The molecular weight excluding hydrogens is 340 g/mol. The van der Waals surface area contributed by atoms with Crippen molar-refractivity contribution >= 4 is 11.8 Å². The van der Waals surface area contributed by atoms with Crippen molar-refractivity contribution in [3.05, 3.63) is 35.9 Å². The number of carbonyl (C=O) groups excluding carboxylic acids is 2. The van der Waals surface area contributed by atoms with Gasteiger partial charge in [-0.2, -0.15) is 0 Å². The van der Waals surface area contributed by atoms with Crippen molar-refractivity contribution in [1.29, 1.82) is 0 Å². The van der Waals surface area contributed by atoms with E-state index in [4.69, 9.17) is 0 Å². The van der Waals surface area contributed by atoms with E-state index in [-0.39, 0.29) is 24.3 Å². The molecule has 0 radical (unpaired) electrons. The van der Waals surface area contributed by atoms with E-state index < -0.39 is 0 Å². The molecular formula is C22H32N2O3. The van der Waals surface area contributed by atoms with E-state index in [1.54, 1.807) is 4.90 Å². The molecule has 1 aliphatic carbocycles. The Morgan fingerprint density at radius 2 is 1.78 bits per heavy atom. The van der Waals surface area contributed by atoms with Gasteiger partial charge in [-0.1, -0.05) is 56.0 Å². The zero-order chi connectivity index (χ0) is 19.1. The van der Waals surface area contributed by atoms with E-state index in [9.17, 15) is 14.7 Å². The minimum atomic E-state index is -0.261. The van der Waals surface area contributed by atoms with E-state index in [0.717, 1.165) is 19.3 Å². The average Bonchev–Trinajstić information content (AvgIpc) is 2.90. The molecule has 1 heterocycles. The predicted molar refractivity (Wildman–Crippen MR) is 105 cm³/mol. The zero-order valence-electron chi connectivity index (χ0n) is 16.2. The molecule has 0 spiro atoms. The minimum absolute atomic E-state index is 0.0180. The van der Waals surface area contributed by atoms with Crippen LogP contribution in [0.1, 0.15) is 50.5 Å². The van der Waals surface area contributed by atoms with Gasteiger partial charge in [0.15, 0.2) is 0 Å². The highest BCUT2D eigenvalue weighted by Gasteiger charge is 2.39. The number of benzene rings is 1. The predicted octanol–water partition coefficient (Wildman–Crippen LogP) is 2.62. The molecule has 1 N–H and O–H groups in total. The van der Waals surface area contributed by atoms with Gasteiger partial charge in [0.05, 0.1) is 12.5 Å². The molecule has 3 rings (SSSR count). The summed E-state index contributed by atoms with van der Waals surface area (Å²) in [6.45, 7) is 1.42. The van der Waals surface area contributed by atoms with Crippen LogP contribution in [0.2, 0.25) is 0 Å². The summed E-state index contributed by atoms with van der Waals surface area (Å²) in [6.07, 6.45) is 8.10. The number of hydrogen-bond acceptors (Lipinski definition) is 3. The largest absolute Gasteiger partial charge is 0.395 e. The molecule has 0 bridgehead atoms. The van der Waals surface area contributed by atoms with Crippen LogP contribution in [0.25, 0.3) is 0 Å². The van der Waals surface area contributed by atoms with Gasteiger partial charge in [-0.3, -0.25) is 9.59 Å². The van der Waals surface area contributed by atoms with Crippen LogP contribution in [0.4, 0.5) is 0 Å². The average molecular weight is 373 g/mol. The van der Waals surface area contributed by atoms with Crippen molar-refractivity contribution in [1.82, 2.24) is 9.80 Å². The van der Waals surface area contributed by atoms with Crippen LogP contribution in [0.5, 0.6) is 0 Å². The van der Waals surface area contributed by atoms with E-state index in [2.05, 4.69) is 12.1 Å². The molecule has 1 unspecified atom stereocenters. The Bertz CT molecular complexity index is 611. The summed E-state index contributed by atoms with van der Waals surface area (Å²) in [7, 11) is 0. The van der Waals surface area contributed by atoms with Crippen LogP contribution >= 0.6 is 0 Å². The number of nitrogens with zero attached hydrogens (tertiary/aromatic N) is 2. The van der Waals surface area contributed by atoms with Crippen LogP contribution in [0.15, 0.2) is 30.3 Å². The zero-order valence-corrected chi connectivity index (χ0v) is 16.2. The molecule has 2 fully saturated rings. The van der Waals surface area contributed by atoms with Crippen LogP contribution in [0.3, 0.4) is 0 Å². The monoisotopic (exact) mass is 372 g/mol. The van der Waals surface area contributed by atoms with Crippen LogP contribution in [-0.4, -0.2) is 59.0 Å². The maximum Gasteiger partial charge on any atom is 0.228 e. The summed E-state index contributed by atoms with van der Waals surface area (Å²) in [5.41, 5.74) is 1.18. The summed E-state index contributed by atoms with van der Waals surface area (Å²) in [4.78, 5) is 29.3. The fraction of sp³-hybridized carbons (Fsp3) is 0.636.